The number of hydrogen-bond acceptors (Lipinski definition) is 2. The van der Waals surface area contributed by atoms with E-state index in [0.717, 1.165) is 12.0 Å². The summed E-state index contributed by atoms with van der Waals surface area (Å²) >= 11 is 0. The molecule has 16 heavy (non-hydrogen) atoms. The van der Waals surface area contributed by atoms with E-state index in [0.29, 0.717) is 18.5 Å². The molecule has 0 heterocycles. The molecule has 86 valence electrons. The summed E-state index contributed by atoms with van der Waals surface area (Å²) in [6.45, 7) is 2.50. The van der Waals surface area contributed by atoms with Crippen molar-refractivity contribution in [3.63, 3.8) is 0 Å². The molecule has 0 aliphatic rings. The Labute approximate surface area is 95.4 Å². The fraction of sp³-hybridized carbons (Fsp3) is 0.333. The van der Waals surface area contributed by atoms with Crippen LogP contribution in [0, 0.1) is 5.41 Å². The molecule has 0 spiro atoms. The molecule has 4 N–H and O–H groups in total. The Kier molecular flexibility index (Phi) is 4.51. The summed E-state index contributed by atoms with van der Waals surface area (Å²) in [6, 6.07) is 7.29. The van der Waals surface area contributed by atoms with Gasteiger partial charge >= 0.3 is 0 Å². The fourth-order valence-electron chi connectivity index (χ4n) is 1.32. The zero-order valence-electron chi connectivity index (χ0n) is 9.42. The Balaban J connectivity index is 2.49. The van der Waals surface area contributed by atoms with Gasteiger partial charge < -0.3 is 11.1 Å². The Bertz CT molecular complexity index is 370. The number of nitrogens with one attached hydrogen (secondary N) is 2. The van der Waals surface area contributed by atoms with Crippen LogP contribution in [0.4, 0.5) is 0 Å². The summed E-state index contributed by atoms with van der Waals surface area (Å²) in [4.78, 5) is 11.2. The van der Waals surface area contributed by atoms with Crippen molar-refractivity contribution in [2.24, 2.45) is 5.73 Å². The minimum absolute atomic E-state index is 0.0570. The second-order valence-electron chi connectivity index (χ2n) is 3.64. The molecule has 0 aliphatic carbocycles. The number of carbonyl (C=O) groups excluding carboxylic acids is 1. The van der Waals surface area contributed by atoms with E-state index in [-0.39, 0.29) is 11.7 Å². The zero-order valence-corrected chi connectivity index (χ0v) is 9.42. The molecule has 0 radical (unpaired) electrons. The summed E-state index contributed by atoms with van der Waals surface area (Å²) in [5.41, 5.74) is 7.05. The van der Waals surface area contributed by atoms with Crippen molar-refractivity contribution in [2.75, 3.05) is 0 Å². The van der Waals surface area contributed by atoms with Gasteiger partial charge in [0.15, 0.2) is 0 Å². The molecule has 0 fully saturated rings. The molecule has 1 aromatic rings. The van der Waals surface area contributed by atoms with Gasteiger partial charge in [0.1, 0.15) is 5.84 Å². The summed E-state index contributed by atoms with van der Waals surface area (Å²) in [5, 5.41) is 10.1. The quantitative estimate of drug-likeness (QED) is 0.517. The summed E-state index contributed by atoms with van der Waals surface area (Å²) < 4.78 is 0. The van der Waals surface area contributed by atoms with Crippen LogP contribution >= 0.6 is 0 Å². The van der Waals surface area contributed by atoms with Crippen LogP contribution in [-0.4, -0.2) is 11.7 Å². The minimum atomic E-state index is 0.0570. The molecular formula is C12H17N3O. The van der Waals surface area contributed by atoms with Crippen LogP contribution in [0.3, 0.4) is 0 Å². The van der Waals surface area contributed by atoms with Crippen LogP contribution in [0.1, 0.15) is 30.9 Å². The number of amides is 1. The first-order chi connectivity index (χ1) is 7.63. The van der Waals surface area contributed by atoms with E-state index in [4.69, 9.17) is 11.1 Å². The van der Waals surface area contributed by atoms with Crippen molar-refractivity contribution in [1.82, 2.24) is 5.32 Å². The lowest BCUT2D eigenvalue weighted by atomic mass is 10.1. The topological polar surface area (TPSA) is 79.0 Å². The molecule has 4 nitrogen and oxygen atoms in total. The van der Waals surface area contributed by atoms with Crippen molar-refractivity contribution in [3.8, 4) is 0 Å². The third-order valence-corrected chi connectivity index (χ3v) is 2.23. The molecule has 0 aliphatic heterocycles. The molecule has 1 rings (SSSR count). The molecule has 0 aromatic heterocycles. The number of carbonyl (C=O) groups is 1. The van der Waals surface area contributed by atoms with E-state index in [1.807, 2.05) is 19.1 Å². The standard InChI is InChI=1S/C12H17N3O/c1-2-3-11(16)15-8-9-4-6-10(7-5-9)12(13)14/h4-7H,2-3,8H2,1H3,(H3,13,14)(H,15,16). The van der Waals surface area contributed by atoms with Crippen LogP contribution in [0.2, 0.25) is 0 Å². The van der Waals surface area contributed by atoms with Crippen LogP contribution in [-0.2, 0) is 11.3 Å². The van der Waals surface area contributed by atoms with Gasteiger partial charge in [-0.1, -0.05) is 31.2 Å². The molecule has 1 amide bonds. The lowest BCUT2D eigenvalue weighted by Gasteiger charge is -2.05. The predicted octanol–water partition coefficient (Wildman–Crippen LogP) is 1.39. The number of hydrogen-bond donors (Lipinski definition) is 3. The van der Waals surface area contributed by atoms with E-state index in [2.05, 4.69) is 5.32 Å². The van der Waals surface area contributed by atoms with Gasteiger partial charge in [-0.15, -0.1) is 0 Å². The number of amidine groups is 1. The highest BCUT2D eigenvalue weighted by Crippen LogP contribution is 2.03. The third-order valence-electron chi connectivity index (χ3n) is 2.23. The first-order valence-electron chi connectivity index (χ1n) is 5.33. The first kappa shape index (κ1) is 12.2. The smallest absolute Gasteiger partial charge is 0.220 e. The van der Waals surface area contributed by atoms with E-state index >= 15 is 0 Å². The Morgan fingerprint density at radius 2 is 2.00 bits per heavy atom. The Morgan fingerprint density at radius 3 is 2.50 bits per heavy atom. The minimum Gasteiger partial charge on any atom is -0.384 e. The number of nitrogens with two attached hydrogens (primary N) is 1. The van der Waals surface area contributed by atoms with Gasteiger partial charge in [0.25, 0.3) is 0 Å². The normalized spacial score (nSPS) is 9.81. The fourth-order valence-corrected chi connectivity index (χ4v) is 1.32. The number of benzene rings is 1. The highest BCUT2D eigenvalue weighted by Gasteiger charge is 2.00. The van der Waals surface area contributed by atoms with Crippen molar-refractivity contribution in [2.45, 2.75) is 26.3 Å². The van der Waals surface area contributed by atoms with Crippen molar-refractivity contribution in [1.29, 1.82) is 5.41 Å². The van der Waals surface area contributed by atoms with E-state index in [1.165, 1.54) is 0 Å². The summed E-state index contributed by atoms with van der Waals surface area (Å²) in [6.07, 6.45) is 1.42. The van der Waals surface area contributed by atoms with Crippen molar-refractivity contribution >= 4 is 11.7 Å². The predicted molar refractivity (Wildman–Crippen MR) is 64.2 cm³/mol. The van der Waals surface area contributed by atoms with Crippen LogP contribution < -0.4 is 11.1 Å². The SMILES string of the molecule is CCCC(=O)NCc1ccc(C(=N)N)cc1. The average molecular weight is 219 g/mol. The van der Waals surface area contributed by atoms with Gasteiger partial charge in [0.05, 0.1) is 0 Å². The molecule has 0 unspecified atom stereocenters. The molecule has 0 saturated carbocycles. The average Bonchev–Trinajstić information content (AvgIpc) is 2.27. The molecule has 4 heteroatoms. The van der Waals surface area contributed by atoms with Crippen LogP contribution in [0.25, 0.3) is 0 Å². The summed E-state index contributed by atoms with van der Waals surface area (Å²) in [5.74, 6) is 0.125. The van der Waals surface area contributed by atoms with Gasteiger partial charge in [0, 0.05) is 18.5 Å². The maximum absolute atomic E-state index is 11.2. The lowest BCUT2D eigenvalue weighted by Crippen LogP contribution is -2.22. The molecule has 0 atom stereocenters. The molecule has 0 saturated heterocycles. The van der Waals surface area contributed by atoms with Crippen LogP contribution in [0.5, 0.6) is 0 Å². The first-order valence-corrected chi connectivity index (χ1v) is 5.33. The van der Waals surface area contributed by atoms with Gasteiger partial charge in [-0.3, -0.25) is 10.2 Å². The Morgan fingerprint density at radius 1 is 1.38 bits per heavy atom. The molecule has 0 bridgehead atoms. The second kappa shape index (κ2) is 5.90. The van der Waals surface area contributed by atoms with Gasteiger partial charge in [-0.05, 0) is 12.0 Å². The highest BCUT2D eigenvalue weighted by molar-refractivity contribution is 5.94. The summed E-state index contributed by atoms with van der Waals surface area (Å²) in [7, 11) is 0. The lowest BCUT2D eigenvalue weighted by molar-refractivity contribution is -0.121. The van der Waals surface area contributed by atoms with Crippen molar-refractivity contribution < 1.29 is 4.79 Å². The van der Waals surface area contributed by atoms with Gasteiger partial charge in [-0.2, -0.15) is 0 Å². The number of rotatable bonds is 5. The largest absolute Gasteiger partial charge is 0.384 e. The van der Waals surface area contributed by atoms with E-state index in [1.54, 1.807) is 12.1 Å². The second-order valence-corrected chi connectivity index (χ2v) is 3.64. The van der Waals surface area contributed by atoms with Gasteiger partial charge in [0.2, 0.25) is 5.91 Å². The Hall–Kier alpha value is -1.84. The third kappa shape index (κ3) is 3.73. The zero-order chi connectivity index (χ0) is 12.0. The maximum Gasteiger partial charge on any atom is 0.220 e. The van der Waals surface area contributed by atoms with E-state index < -0.39 is 0 Å². The van der Waals surface area contributed by atoms with Crippen LogP contribution in [0.15, 0.2) is 24.3 Å². The maximum atomic E-state index is 11.2. The number of nitrogen functional groups attached to an aromatic ring is 1. The van der Waals surface area contributed by atoms with E-state index in [9.17, 15) is 4.79 Å². The molecular weight excluding hydrogens is 202 g/mol. The monoisotopic (exact) mass is 219 g/mol. The van der Waals surface area contributed by atoms with Gasteiger partial charge in [-0.25, -0.2) is 0 Å². The molecule has 1 aromatic carbocycles. The van der Waals surface area contributed by atoms with Crippen molar-refractivity contribution in [3.05, 3.63) is 35.4 Å². The highest BCUT2D eigenvalue weighted by atomic mass is 16.1.